The van der Waals surface area contributed by atoms with Crippen molar-refractivity contribution >= 4 is 11.9 Å². The number of aromatic nitrogens is 3. The van der Waals surface area contributed by atoms with Crippen LogP contribution < -0.4 is 0 Å². The molecule has 1 aromatic heterocycles. The SMILES string of the molecule is CC(C)(C)c1c(C(=O)O)nnn1CC(=O)N1CCCCCC1. The predicted octanol–water partition coefficient (Wildman–Crippen LogP) is 1.68. The second-order valence-corrected chi connectivity index (χ2v) is 6.79. The lowest BCUT2D eigenvalue weighted by Crippen LogP contribution is -2.36. The van der Waals surface area contributed by atoms with Crippen LogP contribution in [0.3, 0.4) is 0 Å². The van der Waals surface area contributed by atoms with Crippen LogP contribution in [0.25, 0.3) is 0 Å². The van der Waals surface area contributed by atoms with Crippen molar-refractivity contribution in [2.45, 2.75) is 58.4 Å². The van der Waals surface area contributed by atoms with Gasteiger partial charge in [0, 0.05) is 18.5 Å². The van der Waals surface area contributed by atoms with Gasteiger partial charge in [-0.05, 0) is 12.8 Å². The van der Waals surface area contributed by atoms with E-state index < -0.39 is 11.4 Å². The van der Waals surface area contributed by atoms with Crippen LogP contribution in [0.2, 0.25) is 0 Å². The van der Waals surface area contributed by atoms with E-state index >= 15 is 0 Å². The molecule has 1 aliphatic rings. The van der Waals surface area contributed by atoms with Crippen molar-refractivity contribution in [3.05, 3.63) is 11.4 Å². The molecular formula is C15H24N4O3. The van der Waals surface area contributed by atoms with Gasteiger partial charge in [0.15, 0.2) is 5.69 Å². The molecule has 0 atom stereocenters. The number of amides is 1. The highest BCUT2D eigenvalue weighted by Crippen LogP contribution is 2.25. The molecule has 0 aromatic carbocycles. The summed E-state index contributed by atoms with van der Waals surface area (Å²) < 4.78 is 1.44. The van der Waals surface area contributed by atoms with E-state index in [4.69, 9.17) is 0 Å². The van der Waals surface area contributed by atoms with Crippen molar-refractivity contribution in [2.75, 3.05) is 13.1 Å². The standard InChI is InChI=1S/C15H24N4O3/c1-15(2,3)13-12(14(21)22)16-17-19(13)10-11(20)18-8-6-4-5-7-9-18/h4-10H2,1-3H3,(H,21,22). The van der Waals surface area contributed by atoms with Crippen LogP contribution in [0.1, 0.15) is 62.6 Å². The van der Waals surface area contributed by atoms with Gasteiger partial charge < -0.3 is 10.0 Å². The molecule has 0 radical (unpaired) electrons. The van der Waals surface area contributed by atoms with Crippen LogP contribution in [0.4, 0.5) is 0 Å². The molecule has 7 heteroatoms. The zero-order valence-electron chi connectivity index (χ0n) is 13.5. The van der Waals surface area contributed by atoms with Gasteiger partial charge >= 0.3 is 5.97 Å². The molecule has 1 saturated heterocycles. The Morgan fingerprint density at radius 1 is 1.14 bits per heavy atom. The summed E-state index contributed by atoms with van der Waals surface area (Å²) >= 11 is 0. The van der Waals surface area contributed by atoms with Crippen molar-refractivity contribution in [2.24, 2.45) is 0 Å². The molecule has 22 heavy (non-hydrogen) atoms. The first kappa shape index (κ1) is 16.5. The number of carboxylic acid groups (broad SMARTS) is 1. The van der Waals surface area contributed by atoms with Crippen LogP contribution >= 0.6 is 0 Å². The topological polar surface area (TPSA) is 88.3 Å². The molecular weight excluding hydrogens is 284 g/mol. The fourth-order valence-corrected chi connectivity index (χ4v) is 2.86. The molecule has 1 N–H and O–H groups in total. The Hall–Kier alpha value is -1.92. The first-order valence-electron chi connectivity index (χ1n) is 7.75. The number of carboxylic acids is 1. The number of hydrogen-bond acceptors (Lipinski definition) is 4. The minimum atomic E-state index is -1.11. The van der Waals surface area contributed by atoms with Gasteiger partial charge in [-0.25, -0.2) is 9.48 Å². The third-order valence-electron chi connectivity index (χ3n) is 3.89. The van der Waals surface area contributed by atoms with Crippen LogP contribution in [-0.4, -0.2) is 50.0 Å². The van der Waals surface area contributed by atoms with E-state index in [1.165, 1.54) is 4.68 Å². The molecule has 0 bridgehead atoms. The molecule has 2 heterocycles. The third-order valence-corrected chi connectivity index (χ3v) is 3.89. The smallest absolute Gasteiger partial charge is 0.358 e. The van der Waals surface area contributed by atoms with Crippen molar-refractivity contribution in [3.8, 4) is 0 Å². The van der Waals surface area contributed by atoms with E-state index in [2.05, 4.69) is 10.3 Å². The Kier molecular flexibility index (Phi) is 4.83. The summed E-state index contributed by atoms with van der Waals surface area (Å²) in [5.74, 6) is -1.13. The number of carbonyl (C=O) groups excluding carboxylic acids is 1. The maximum absolute atomic E-state index is 12.5. The van der Waals surface area contributed by atoms with Gasteiger partial charge in [0.2, 0.25) is 5.91 Å². The molecule has 1 amide bonds. The predicted molar refractivity (Wildman–Crippen MR) is 80.7 cm³/mol. The van der Waals surface area contributed by atoms with Gasteiger partial charge in [0.25, 0.3) is 0 Å². The minimum absolute atomic E-state index is 0.0192. The molecule has 1 aromatic rings. The van der Waals surface area contributed by atoms with Crippen LogP contribution in [-0.2, 0) is 16.8 Å². The molecule has 7 nitrogen and oxygen atoms in total. The van der Waals surface area contributed by atoms with Crippen molar-refractivity contribution in [1.29, 1.82) is 0 Å². The lowest BCUT2D eigenvalue weighted by atomic mass is 9.90. The first-order valence-corrected chi connectivity index (χ1v) is 7.75. The summed E-state index contributed by atoms with van der Waals surface area (Å²) in [6, 6.07) is 0. The Morgan fingerprint density at radius 3 is 2.23 bits per heavy atom. The molecule has 0 spiro atoms. The summed E-state index contributed by atoms with van der Waals surface area (Å²) in [6.45, 7) is 7.27. The Morgan fingerprint density at radius 2 is 1.73 bits per heavy atom. The molecule has 1 aliphatic heterocycles. The Balaban J connectivity index is 2.22. The van der Waals surface area contributed by atoms with Gasteiger partial charge in [-0.1, -0.05) is 38.8 Å². The number of likely N-dealkylation sites (tertiary alicyclic amines) is 1. The summed E-state index contributed by atoms with van der Waals surface area (Å²) in [5, 5.41) is 16.9. The molecule has 2 rings (SSSR count). The van der Waals surface area contributed by atoms with E-state index in [-0.39, 0.29) is 18.1 Å². The maximum atomic E-state index is 12.5. The zero-order chi connectivity index (χ0) is 16.3. The van der Waals surface area contributed by atoms with E-state index in [0.29, 0.717) is 5.69 Å². The largest absolute Gasteiger partial charge is 0.476 e. The molecule has 122 valence electrons. The van der Waals surface area contributed by atoms with E-state index in [1.807, 2.05) is 25.7 Å². The summed E-state index contributed by atoms with van der Waals surface area (Å²) in [6.07, 6.45) is 4.36. The summed E-state index contributed by atoms with van der Waals surface area (Å²) in [4.78, 5) is 25.6. The average Bonchev–Trinajstić information content (AvgIpc) is 2.67. The van der Waals surface area contributed by atoms with Gasteiger partial charge in [0.05, 0.1) is 5.69 Å². The number of hydrogen-bond donors (Lipinski definition) is 1. The fourth-order valence-electron chi connectivity index (χ4n) is 2.86. The number of aromatic carboxylic acids is 1. The highest BCUT2D eigenvalue weighted by atomic mass is 16.4. The normalized spacial score (nSPS) is 16.4. The van der Waals surface area contributed by atoms with E-state index in [9.17, 15) is 14.7 Å². The zero-order valence-corrected chi connectivity index (χ0v) is 13.5. The van der Waals surface area contributed by atoms with Gasteiger partial charge in [-0.2, -0.15) is 0 Å². The third kappa shape index (κ3) is 3.64. The molecule has 1 fully saturated rings. The highest BCUT2D eigenvalue weighted by molar-refractivity contribution is 5.87. The lowest BCUT2D eigenvalue weighted by molar-refractivity contribution is -0.132. The maximum Gasteiger partial charge on any atom is 0.358 e. The quantitative estimate of drug-likeness (QED) is 0.917. The van der Waals surface area contributed by atoms with Crippen LogP contribution in [0.5, 0.6) is 0 Å². The second kappa shape index (κ2) is 6.46. The Bertz CT molecular complexity index is 552. The van der Waals surface area contributed by atoms with Gasteiger partial charge in [0.1, 0.15) is 6.54 Å². The summed E-state index contributed by atoms with van der Waals surface area (Å²) in [7, 11) is 0. The minimum Gasteiger partial charge on any atom is -0.476 e. The fraction of sp³-hybridized carbons (Fsp3) is 0.733. The molecule has 0 saturated carbocycles. The lowest BCUT2D eigenvalue weighted by Gasteiger charge is -2.23. The van der Waals surface area contributed by atoms with Gasteiger partial charge in [-0.3, -0.25) is 4.79 Å². The van der Waals surface area contributed by atoms with Crippen LogP contribution in [0.15, 0.2) is 0 Å². The second-order valence-electron chi connectivity index (χ2n) is 6.79. The van der Waals surface area contributed by atoms with E-state index in [0.717, 1.165) is 38.8 Å². The molecule has 0 aliphatic carbocycles. The summed E-state index contributed by atoms with van der Waals surface area (Å²) in [5.41, 5.74) is -0.0321. The molecule has 0 unspecified atom stereocenters. The Labute approximate surface area is 130 Å². The number of carbonyl (C=O) groups is 2. The van der Waals surface area contributed by atoms with Crippen molar-refractivity contribution in [1.82, 2.24) is 19.9 Å². The average molecular weight is 308 g/mol. The number of nitrogens with zero attached hydrogens (tertiary/aromatic N) is 4. The number of rotatable bonds is 3. The van der Waals surface area contributed by atoms with Crippen molar-refractivity contribution in [3.63, 3.8) is 0 Å². The monoisotopic (exact) mass is 308 g/mol. The van der Waals surface area contributed by atoms with Crippen LogP contribution in [0, 0.1) is 0 Å². The first-order chi connectivity index (χ1) is 10.3. The van der Waals surface area contributed by atoms with Crippen molar-refractivity contribution < 1.29 is 14.7 Å². The van der Waals surface area contributed by atoms with E-state index in [1.54, 1.807) is 0 Å². The van der Waals surface area contributed by atoms with Gasteiger partial charge in [-0.15, -0.1) is 5.10 Å². The highest BCUT2D eigenvalue weighted by Gasteiger charge is 2.30.